The van der Waals surface area contributed by atoms with Crippen molar-refractivity contribution in [1.29, 1.82) is 0 Å². The van der Waals surface area contributed by atoms with Crippen molar-refractivity contribution in [2.75, 3.05) is 18.4 Å². The van der Waals surface area contributed by atoms with Gasteiger partial charge in [0.25, 0.3) is 0 Å². The monoisotopic (exact) mass is 248 g/mol. The van der Waals surface area contributed by atoms with Crippen LogP contribution in [0.4, 0.5) is 5.69 Å². The molecule has 1 aromatic carbocycles. The molecule has 0 spiro atoms. The average Bonchev–Trinajstić information content (AvgIpc) is 2.26. The van der Waals surface area contributed by atoms with Gasteiger partial charge in [-0.1, -0.05) is 39.8 Å². The van der Waals surface area contributed by atoms with Gasteiger partial charge in [-0.05, 0) is 48.4 Å². The fraction of sp³-hybridized carbons (Fsp3) is 0.625. The van der Waals surface area contributed by atoms with Crippen molar-refractivity contribution in [3.8, 4) is 0 Å². The van der Waals surface area contributed by atoms with Crippen LogP contribution in [0.2, 0.25) is 0 Å². The van der Waals surface area contributed by atoms with Crippen molar-refractivity contribution in [2.24, 2.45) is 11.7 Å². The fourth-order valence-electron chi connectivity index (χ4n) is 2.03. The molecule has 0 aliphatic carbocycles. The zero-order valence-electron chi connectivity index (χ0n) is 12.7. The second kappa shape index (κ2) is 5.75. The molecule has 2 heteroatoms. The van der Waals surface area contributed by atoms with Crippen LogP contribution < -0.4 is 11.1 Å². The number of aryl methyl sites for hydroxylation is 2. The van der Waals surface area contributed by atoms with Gasteiger partial charge >= 0.3 is 0 Å². The van der Waals surface area contributed by atoms with E-state index in [-0.39, 0.29) is 5.41 Å². The minimum Gasteiger partial charge on any atom is -0.384 e. The van der Waals surface area contributed by atoms with E-state index in [1.807, 2.05) is 0 Å². The Bertz CT molecular complexity index is 379. The van der Waals surface area contributed by atoms with Gasteiger partial charge in [-0.15, -0.1) is 0 Å². The SMILES string of the molecule is Cc1cc(C(C)(C)C)cc(C)c1NCC(C)CN. The first-order chi connectivity index (χ1) is 8.25. The highest BCUT2D eigenvalue weighted by molar-refractivity contribution is 5.59. The maximum Gasteiger partial charge on any atom is 0.0399 e. The van der Waals surface area contributed by atoms with Crippen molar-refractivity contribution in [1.82, 2.24) is 0 Å². The summed E-state index contributed by atoms with van der Waals surface area (Å²) >= 11 is 0. The van der Waals surface area contributed by atoms with E-state index < -0.39 is 0 Å². The standard InChI is InChI=1S/C16H28N2/c1-11(9-17)10-18-15-12(2)7-14(8-13(15)3)16(4,5)6/h7-8,11,18H,9-10,17H2,1-6H3. The molecule has 2 nitrogen and oxygen atoms in total. The predicted octanol–water partition coefficient (Wildman–Crippen LogP) is 3.61. The summed E-state index contributed by atoms with van der Waals surface area (Å²) < 4.78 is 0. The van der Waals surface area contributed by atoms with E-state index in [4.69, 9.17) is 5.73 Å². The van der Waals surface area contributed by atoms with E-state index in [2.05, 4.69) is 59.0 Å². The normalized spacial score (nSPS) is 13.5. The maximum absolute atomic E-state index is 5.65. The van der Waals surface area contributed by atoms with Crippen molar-refractivity contribution in [3.63, 3.8) is 0 Å². The first-order valence-corrected chi connectivity index (χ1v) is 6.81. The number of benzene rings is 1. The lowest BCUT2D eigenvalue weighted by Gasteiger charge is -2.23. The highest BCUT2D eigenvalue weighted by Gasteiger charge is 2.16. The second-order valence-electron chi connectivity index (χ2n) is 6.46. The van der Waals surface area contributed by atoms with E-state index in [0.717, 1.165) is 13.1 Å². The fourth-order valence-corrected chi connectivity index (χ4v) is 2.03. The topological polar surface area (TPSA) is 38.0 Å². The highest BCUT2D eigenvalue weighted by atomic mass is 14.9. The number of hydrogen-bond donors (Lipinski definition) is 2. The molecule has 0 saturated heterocycles. The molecule has 0 amide bonds. The lowest BCUT2D eigenvalue weighted by atomic mass is 9.84. The Kier molecular flexibility index (Phi) is 4.80. The smallest absolute Gasteiger partial charge is 0.0399 e. The van der Waals surface area contributed by atoms with Gasteiger partial charge in [-0.25, -0.2) is 0 Å². The summed E-state index contributed by atoms with van der Waals surface area (Å²) in [4.78, 5) is 0. The number of anilines is 1. The number of hydrogen-bond acceptors (Lipinski definition) is 2. The van der Waals surface area contributed by atoms with Gasteiger partial charge in [0.15, 0.2) is 0 Å². The molecule has 3 N–H and O–H groups in total. The van der Waals surface area contributed by atoms with E-state index in [1.165, 1.54) is 22.4 Å². The summed E-state index contributed by atoms with van der Waals surface area (Å²) in [7, 11) is 0. The van der Waals surface area contributed by atoms with Crippen LogP contribution in [0, 0.1) is 19.8 Å². The van der Waals surface area contributed by atoms with E-state index in [9.17, 15) is 0 Å². The molecule has 0 fully saturated rings. The molecule has 0 heterocycles. The molecule has 1 rings (SSSR count). The van der Waals surface area contributed by atoms with Gasteiger partial charge in [0.1, 0.15) is 0 Å². The van der Waals surface area contributed by atoms with Crippen molar-refractivity contribution >= 4 is 5.69 Å². The Balaban J connectivity index is 2.95. The van der Waals surface area contributed by atoms with Crippen LogP contribution in [0.25, 0.3) is 0 Å². The van der Waals surface area contributed by atoms with Crippen LogP contribution >= 0.6 is 0 Å². The Morgan fingerprint density at radius 1 is 1.17 bits per heavy atom. The largest absolute Gasteiger partial charge is 0.384 e. The summed E-state index contributed by atoms with van der Waals surface area (Å²) in [5, 5.41) is 3.53. The molecule has 18 heavy (non-hydrogen) atoms. The van der Waals surface area contributed by atoms with Crippen LogP contribution in [-0.4, -0.2) is 13.1 Å². The first-order valence-electron chi connectivity index (χ1n) is 6.81. The summed E-state index contributed by atoms with van der Waals surface area (Å²) in [6.07, 6.45) is 0. The predicted molar refractivity (Wildman–Crippen MR) is 81.3 cm³/mol. The molecular formula is C16H28N2. The maximum atomic E-state index is 5.65. The van der Waals surface area contributed by atoms with Gasteiger partial charge in [0.05, 0.1) is 0 Å². The minimum atomic E-state index is 0.207. The third-order valence-corrected chi connectivity index (χ3v) is 3.43. The molecule has 0 radical (unpaired) electrons. The average molecular weight is 248 g/mol. The molecule has 102 valence electrons. The van der Waals surface area contributed by atoms with Crippen LogP contribution in [0.5, 0.6) is 0 Å². The summed E-state index contributed by atoms with van der Waals surface area (Å²) in [6.45, 7) is 15.0. The Labute approximate surface area is 112 Å². The Morgan fingerprint density at radius 3 is 2.06 bits per heavy atom. The number of rotatable bonds is 4. The third-order valence-electron chi connectivity index (χ3n) is 3.43. The first kappa shape index (κ1) is 15.0. The molecule has 0 bridgehead atoms. The van der Waals surface area contributed by atoms with Gasteiger partial charge < -0.3 is 11.1 Å². The molecular weight excluding hydrogens is 220 g/mol. The summed E-state index contributed by atoms with van der Waals surface area (Å²) in [5.74, 6) is 0.506. The van der Waals surface area contributed by atoms with Crippen LogP contribution in [0.3, 0.4) is 0 Å². The van der Waals surface area contributed by atoms with Gasteiger partial charge in [0.2, 0.25) is 0 Å². The number of nitrogens with two attached hydrogens (primary N) is 1. The zero-order valence-corrected chi connectivity index (χ0v) is 12.7. The molecule has 0 saturated carbocycles. The summed E-state index contributed by atoms with van der Waals surface area (Å²) in [5.41, 5.74) is 11.2. The molecule has 1 atom stereocenters. The Morgan fingerprint density at radius 2 is 1.67 bits per heavy atom. The quantitative estimate of drug-likeness (QED) is 0.854. The second-order valence-corrected chi connectivity index (χ2v) is 6.46. The lowest BCUT2D eigenvalue weighted by Crippen LogP contribution is -2.21. The lowest BCUT2D eigenvalue weighted by molar-refractivity contribution is 0.589. The minimum absolute atomic E-state index is 0.207. The zero-order chi connectivity index (χ0) is 13.9. The van der Waals surface area contributed by atoms with E-state index in [1.54, 1.807) is 0 Å². The third kappa shape index (κ3) is 3.74. The van der Waals surface area contributed by atoms with Crippen molar-refractivity contribution < 1.29 is 0 Å². The van der Waals surface area contributed by atoms with Gasteiger partial charge in [0, 0.05) is 12.2 Å². The molecule has 0 aliphatic heterocycles. The highest BCUT2D eigenvalue weighted by Crippen LogP contribution is 2.29. The molecule has 1 unspecified atom stereocenters. The van der Waals surface area contributed by atoms with Crippen LogP contribution in [0.15, 0.2) is 12.1 Å². The van der Waals surface area contributed by atoms with Crippen molar-refractivity contribution in [3.05, 3.63) is 28.8 Å². The van der Waals surface area contributed by atoms with E-state index >= 15 is 0 Å². The Hall–Kier alpha value is -1.02. The molecule has 0 aliphatic rings. The van der Waals surface area contributed by atoms with Crippen molar-refractivity contribution in [2.45, 2.75) is 47.0 Å². The van der Waals surface area contributed by atoms with Gasteiger partial charge in [-0.2, -0.15) is 0 Å². The number of nitrogens with one attached hydrogen (secondary N) is 1. The molecule has 0 aromatic heterocycles. The molecule has 1 aromatic rings. The summed E-state index contributed by atoms with van der Waals surface area (Å²) in [6, 6.07) is 4.59. The van der Waals surface area contributed by atoms with Gasteiger partial charge in [-0.3, -0.25) is 0 Å². The van der Waals surface area contributed by atoms with E-state index in [0.29, 0.717) is 5.92 Å². The van der Waals surface area contributed by atoms with Crippen LogP contribution in [0.1, 0.15) is 44.4 Å². The van der Waals surface area contributed by atoms with Crippen LogP contribution in [-0.2, 0) is 5.41 Å².